The number of aliphatic hydroxyl groups excluding tert-OH is 7. The lowest BCUT2D eigenvalue weighted by Crippen LogP contribution is -2.62. The number of benzene rings is 2. The summed E-state index contributed by atoms with van der Waals surface area (Å²) in [5, 5.41) is 103. The van der Waals surface area contributed by atoms with Crippen LogP contribution in [0.5, 0.6) is 17.2 Å². The van der Waals surface area contributed by atoms with Crippen molar-refractivity contribution in [1.29, 1.82) is 0 Å². The Kier molecular flexibility index (Phi) is 12.3. The average Bonchev–Trinajstić information content (AvgIpc) is 3.10. The molecule has 19 nitrogen and oxygen atoms in total. The molecule has 10 N–H and O–H groups in total. The summed E-state index contributed by atoms with van der Waals surface area (Å²) < 4.78 is 32.9. The van der Waals surface area contributed by atoms with Gasteiger partial charge in [-0.05, 0) is 30.7 Å². The van der Waals surface area contributed by atoms with Crippen LogP contribution in [0.1, 0.15) is 30.9 Å². The topological polar surface area (TPSA) is 313 Å². The number of carbonyl (C=O) groups is 2. The number of phenolic OH excluding ortho intramolecular Hbond substituents is 3. The average molecular weight is 739 g/mol. The van der Waals surface area contributed by atoms with Crippen LogP contribution in [0.4, 0.5) is 0 Å². The molecule has 0 spiro atoms. The summed E-state index contributed by atoms with van der Waals surface area (Å²) in [5.41, 5.74) is -1.47. The van der Waals surface area contributed by atoms with E-state index in [2.05, 4.69) is 4.74 Å². The third-order valence-corrected chi connectivity index (χ3v) is 8.66. The first-order valence-corrected chi connectivity index (χ1v) is 16.0. The summed E-state index contributed by atoms with van der Waals surface area (Å²) in [6.45, 7) is -2.40. The van der Waals surface area contributed by atoms with Crippen molar-refractivity contribution in [3.05, 3.63) is 52.2 Å². The van der Waals surface area contributed by atoms with Crippen LogP contribution >= 0.6 is 0 Å². The van der Waals surface area contributed by atoms with Gasteiger partial charge in [-0.25, -0.2) is 0 Å². The van der Waals surface area contributed by atoms with Gasteiger partial charge in [-0.2, -0.15) is 0 Å². The van der Waals surface area contributed by atoms with Crippen molar-refractivity contribution in [3.8, 4) is 28.6 Å². The Morgan fingerprint density at radius 2 is 1.40 bits per heavy atom. The maximum absolute atomic E-state index is 13.4. The largest absolute Gasteiger partial charge is 0.508 e. The molecule has 0 unspecified atom stereocenters. The molecule has 2 saturated heterocycles. The lowest BCUT2D eigenvalue weighted by molar-refractivity contribution is -0.342. The standard InChI is InChI=1S/C33H38O19/c34-10-19-25(42)27(44)29(46)33(51-19)52-32-28(45)26(43)20(11-47-21(40)2-1-3-22(41)48-12-35)50-31(32)24-16(38)8-15(37)23-17(39)9-18(49-30(23)24)13-4-6-14(36)7-5-13/h4-9,19-20,25-29,31-38,42-46H,1-3,10-12H2/t19-,20+,25+,26+,27+,28-,29-,31+,32+,33+/m0/s1. The number of hydrogen-bond acceptors (Lipinski definition) is 19. The first-order chi connectivity index (χ1) is 24.7. The third kappa shape index (κ3) is 8.13. The van der Waals surface area contributed by atoms with Gasteiger partial charge in [-0.1, -0.05) is 0 Å². The van der Waals surface area contributed by atoms with E-state index < -0.39 is 127 Å². The molecule has 2 fully saturated rings. The monoisotopic (exact) mass is 738 g/mol. The molecule has 19 heteroatoms. The van der Waals surface area contributed by atoms with Gasteiger partial charge >= 0.3 is 11.9 Å². The molecule has 0 radical (unpaired) electrons. The van der Waals surface area contributed by atoms with Crippen molar-refractivity contribution >= 4 is 22.9 Å². The molecule has 5 rings (SSSR count). The second kappa shape index (κ2) is 16.5. The Bertz CT molecular complexity index is 1770. The molecule has 3 heterocycles. The molecular formula is C33H38O19. The van der Waals surface area contributed by atoms with Crippen molar-refractivity contribution in [3.63, 3.8) is 0 Å². The molecule has 2 aliphatic heterocycles. The minimum Gasteiger partial charge on any atom is -0.508 e. The van der Waals surface area contributed by atoms with Gasteiger partial charge in [-0.15, -0.1) is 0 Å². The Hall–Kier alpha value is -4.41. The fraction of sp³-hybridized carbons (Fsp3) is 0.485. The number of aromatic hydroxyl groups is 3. The number of esters is 2. The zero-order valence-corrected chi connectivity index (χ0v) is 27.1. The predicted molar refractivity (Wildman–Crippen MR) is 169 cm³/mol. The molecule has 0 amide bonds. The third-order valence-electron chi connectivity index (χ3n) is 8.66. The van der Waals surface area contributed by atoms with E-state index in [1.165, 1.54) is 24.3 Å². The highest BCUT2D eigenvalue weighted by molar-refractivity contribution is 5.89. The van der Waals surface area contributed by atoms with Crippen molar-refractivity contribution < 1.29 is 88.8 Å². The van der Waals surface area contributed by atoms with Gasteiger partial charge in [0.2, 0.25) is 0 Å². The van der Waals surface area contributed by atoms with E-state index in [0.29, 0.717) is 0 Å². The number of fused-ring (bicyclic) bond motifs is 1. The van der Waals surface area contributed by atoms with Gasteiger partial charge in [0.25, 0.3) is 0 Å². The fourth-order valence-electron chi connectivity index (χ4n) is 5.93. The normalized spacial score (nSPS) is 29.1. The Balaban J connectivity index is 1.54. The summed E-state index contributed by atoms with van der Waals surface area (Å²) in [4.78, 5) is 37.3. The number of aliphatic hydroxyl groups is 7. The summed E-state index contributed by atoms with van der Waals surface area (Å²) in [7, 11) is 0. The number of rotatable bonds is 12. The van der Waals surface area contributed by atoms with Crippen molar-refractivity contribution in [2.24, 2.45) is 0 Å². The van der Waals surface area contributed by atoms with E-state index >= 15 is 0 Å². The van der Waals surface area contributed by atoms with Crippen molar-refractivity contribution in [2.45, 2.75) is 80.5 Å². The summed E-state index contributed by atoms with van der Waals surface area (Å²) in [5.74, 6) is -3.34. The molecular weight excluding hydrogens is 700 g/mol. The van der Waals surface area contributed by atoms with Gasteiger partial charge in [-0.3, -0.25) is 14.4 Å². The highest BCUT2D eigenvalue weighted by Gasteiger charge is 2.52. The molecule has 3 aromatic rings. The van der Waals surface area contributed by atoms with Crippen LogP contribution in [0.3, 0.4) is 0 Å². The Labute approximate surface area is 293 Å². The zero-order valence-electron chi connectivity index (χ0n) is 27.1. The van der Waals surface area contributed by atoms with Crippen molar-refractivity contribution in [2.75, 3.05) is 20.0 Å². The van der Waals surface area contributed by atoms with Gasteiger partial charge in [0, 0.05) is 30.5 Å². The quantitative estimate of drug-likeness (QED) is 0.0719. The van der Waals surface area contributed by atoms with Gasteiger partial charge in [0.15, 0.2) is 24.1 Å². The minimum absolute atomic E-state index is 0.0260. The highest BCUT2D eigenvalue weighted by Crippen LogP contribution is 2.45. The molecule has 2 aliphatic rings. The van der Waals surface area contributed by atoms with Gasteiger partial charge in [0.05, 0.1) is 12.2 Å². The SMILES string of the molecule is O=C(CCCC(=O)OC[C@H]1O[C@H](c2c(O)cc(O)c3c(=O)cc(-c4ccc(O)cc4)oc23)[C@H](O[C@H]2O[C@@H](CO)[C@@H](O)[C@@H](O)[C@@H]2O)[C@@H](O)[C@@H]1O)OCO. The van der Waals surface area contributed by atoms with E-state index in [1.54, 1.807) is 0 Å². The molecule has 0 bridgehead atoms. The number of carbonyl (C=O) groups excluding carboxylic acids is 2. The van der Waals surface area contributed by atoms with Crippen LogP contribution in [0.15, 0.2) is 45.6 Å². The van der Waals surface area contributed by atoms with Crippen LogP contribution < -0.4 is 5.43 Å². The van der Waals surface area contributed by atoms with Crippen LogP contribution in [-0.2, 0) is 33.3 Å². The van der Waals surface area contributed by atoms with E-state index in [-0.39, 0.29) is 36.3 Å². The van der Waals surface area contributed by atoms with Crippen molar-refractivity contribution in [1.82, 2.24) is 0 Å². The van der Waals surface area contributed by atoms with Crippen LogP contribution in [0.2, 0.25) is 0 Å². The van der Waals surface area contributed by atoms with Gasteiger partial charge < -0.3 is 79.2 Å². The highest BCUT2D eigenvalue weighted by atomic mass is 16.7. The van der Waals surface area contributed by atoms with E-state index in [4.69, 9.17) is 28.5 Å². The number of phenols is 3. The molecule has 1 aromatic heterocycles. The summed E-state index contributed by atoms with van der Waals surface area (Å²) in [6.07, 6.45) is -18.9. The minimum atomic E-state index is -2.04. The molecule has 52 heavy (non-hydrogen) atoms. The lowest BCUT2D eigenvalue weighted by atomic mass is 9.89. The molecule has 2 aromatic carbocycles. The van der Waals surface area contributed by atoms with E-state index in [9.17, 15) is 60.3 Å². The zero-order chi connectivity index (χ0) is 37.9. The Morgan fingerprint density at radius 1 is 0.750 bits per heavy atom. The van der Waals surface area contributed by atoms with Crippen LogP contribution in [-0.4, -0.2) is 138 Å². The van der Waals surface area contributed by atoms with Crippen LogP contribution in [0.25, 0.3) is 22.3 Å². The second-order valence-corrected chi connectivity index (χ2v) is 12.1. The molecule has 0 saturated carbocycles. The first-order valence-electron chi connectivity index (χ1n) is 16.0. The first kappa shape index (κ1) is 38.8. The maximum Gasteiger partial charge on any atom is 0.307 e. The number of ether oxygens (including phenoxy) is 5. The summed E-state index contributed by atoms with van der Waals surface area (Å²) >= 11 is 0. The molecule has 10 atom stereocenters. The lowest BCUT2D eigenvalue weighted by Gasteiger charge is -2.46. The molecule has 0 aliphatic carbocycles. The predicted octanol–water partition coefficient (Wildman–Crippen LogP) is -1.87. The maximum atomic E-state index is 13.4. The molecule has 284 valence electrons. The Morgan fingerprint density at radius 3 is 2.06 bits per heavy atom. The fourth-order valence-corrected chi connectivity index (χ4v) is 5.93. The number of hydrogen-bond donors (Lipinski definition) is 10. The second-order valence-electron chi connectivity index (χ2n) is 12.1. The summed E-state index contributed by atoms with van der Waals surface area (Å²) in [6, 6.07) is 7.23. The van der Waals surface area contributed by atoms with Crippen LogP contribution in [0, 0.1) is 0 Å². The van der Waals surface area contributed by atoms with Gasteiger partial charge in [0.1, 0.15) is 89.9 Å². The smallest absolute Gasteiger partial charge is 0.307 e. The van der Waals surface area contributed by atoms with E-state index in [1.807, 2.05) is 0 Å². The van der Waals surface area contributed by atoms with E-state index in [0.717, 1.165) is 12.1 Å².